The lowest BCUT2D eigenvalue weighted by Gasteiger charge is -2.37. The van der Waals surface area contributed by atoms with Crippen LogP contribution in [0.15, 0.2) is 54.6 Å². The lowest BCUT2D eigenvalue weighted by molar-refractivity contribution is 0.0224. The molecule has 35 heavy (non-hydrogen) atoms. The molecule has 0 aromatic heterocycles. The summed E-state index contributed by atoms with van der Waals surface area (Å²) in [6, 6.07) is 17.2. The zero-order chi connectivity index (χ0) is 25.3. The Morgan fingerprint density at radius 1 is 0.771 bits per heavy atom. The molecule has 0 amide bonds. The molecule has 180 valence electrons. The highest BCUT2D eigenvalue weighted by Gasteiger charge is 2.53. The number of rotatable bonds is 3. The smallest absolute Gasteiger partial charge is 0.340 e. The minimum Gasteiger partial charge on any atom is -0.456 e. The molecule has 2 aliphatic rings. The summed E-state index contributed by atoms with van der Waals surface area (Å²) in [5.41, 5.74) is 3.38. The Morgan fingerprint density at radius 2 is 1.29 bits per heavy atom. The molecule has 2 aliphatic heterocycles. The first kappa shape index (κ1) is 23.0. The third-order valence-corrected chi connectivity index (χ3v) is 6.75. The second-order valence-electron chi connectivity index (χ2n) is 10.7. The lowest BCUT2D eigenvalue weighted by Crippen LogP contribution is -2.33. The van der Waals surface area contributed by atoms with E-state index in [2.05, 4.69) is 0 Å². The number of ether oxygens (including phenoxy) is 2. The molecule has 0 saturated heterocycles. The van der Waals surface area contributed by atoms with Crippen molar-refractivity contribution in [1.29, 1.82) is 0 Å². The number of carbonyl (C=O) groups excluding carboxylic acids is 2. The summed E-state index contributed by atoms with van der Waals surface area (Å²) < 4.78 is 12.7. The van der Waals surface area contributed by atoms with Crippen LogP contribution in [0.25, 0.3) is 0 Å². The molecule has 0 bridgehead atoms. The minimum atomic E-state index is -1.16. The maximum Gasteiger partial charge on any atom is 0.340 e. The summed E-state index contributed by atoms with van der Waals surface area (Å²) in [5, 5.41) is 0. The van der Waals surface area contributed by atoms with Gasteiger partial charge in [0.1, 0.15) is 11.5 Å². The molecule has 0 unspecified atom stereocenters. The Balaban J connectivity index is 1.78. The van der Waals surface area contributed by atoms with Crippen LogP contribution in [0.5, 0.6) is 11.5 Å². The average Bonchev–Trinajstić information content (AvgIpc) is 3.09. The van der Waals surface area contributed by atoms with Gasteiger partial charge in [0, 0.05) is 79.4 Å². The Kier molecular flexibility index (Phi) is 4.99. The predicted molar refractivity (Wildman–Crippen MR) is 137 cm³/mol. The average molecular weight is 471 g/mol. The van der Waals surface area contributed by atoms with E-state index in [4.69, 9.17) is 9.47 Å². The zero-order valence-electron chi connectivity index (χ0n) is 21.2. The molecule has 0 radical (unpaired) electrons. The van der Waals surface area contributed by atoms with Gasteiger partial charge in [0.25, 0.3) is 0 Å². The Bertz CT molecular complexity index is 1320. The number of anilines is 2. The highest BCUT2D eigenvalue weighted by atomic mass is 16.6. The van der Waals surface area contributed by atoms with Gasteiger partial charge in [-0.05, 0) is 30.3 Å². The normalized spacial score (nSPS) is 15.0. The van der Waals surface area contributed by atoms with Gasteiger partial charge >= 0.3 is 5.97 Å². The first-order valence-corrected chi connectivity index (χ1v) is 11.7. The second kappa shape index (κ2) is 7.60. The van der Waals surface area contributed by atoms with Crippen LogP contribution < -0.4 is 14.5 Å². The van der Waals surface area contributed by atoms with Gasteiger partial charge in [-0.2, -0.15) is 0 Å². The van der Waals surface area contributed by atoms with Crippen LogP contribution >= 0.6 is 0 Å². The van der Waals surface area contributed by atoms with Crippen molar-refractivity contribution in [1.82, 2.24) is 0 Å². The molecule has 0 atom stereocenters. The van der Waals surface area contributed by atoms with Crippen molar-refractivity contribution in [3.05, 3.63) is 82.4 Å². The van der Waals surface area contributed by atoms with Gasteiger partial charge in [0.15, 0.2) is 11.4 Å². The van der Waals surface area contributed by atoms with Gasteiger partial charge in [-0.1, -0.05) is 32.9 Å². The SMILES string of the molecule is CN(C)c1ccc2c(c1)Oc1cc(N(C)C)ccc1C21OC(=O)c2cc(C(=O)C(C)(C)C)ccc21. The second-order valence-corrected chi connectivity index (χ2v) is 10.7. The van der Waals surface area contributed by atoms with Crippen LogP contribution in [0.1, 0.15) is 58.2 Å². The number of benzene rings is 3. The molecule has 3 aromatic carbocycles. The van der Waals surface area contributed by atoms with Crippen molar-refractivity contribution in [3.8, 4) is 11.5 Å². The summed E-state index contributed by atoms with van der Waals surface area (Å²) in [4.78, 5) is 30.3. The monoisotopic (exact) mass is 470 g/mol. The fourth-order valence-corrected chi connectivity index (χ4v) is 4.84. The fourth-order valence-electron chi connectivity index (χ4n) is 4.84. The van der Waals surface area contributed by atoms with Crippen LogP contribution in [0.2, 0.25) is 0 Å². The highest BCUT2D eigenvalue weighted by Crippen LogP contribution is 2.57. The number of fused-ring (bicyclic) bond motifs is 6. The number of esters is 1. The lowest BCUT2D eigenvalue weighted by atomic mass is 9.76. The van der Waals surface area contributed by atoms with E-state index in [1.54, 1.807) is 12.1 Å². The number of nitrogens with zero attached hydrogens (tertiary/aromatic N) is 2. The predicted octanol–water partition coefficient (Wildman–Crippen LogP) is 5.62. The van der Waals surface area contributed by atoms with Crippen molar-refractivity contribution in [3.63, 3.8) is 0 Å². The van der Waals surface area contributed by atoms with Crippen molar-refractivity contribution in [2.24, 2.45) is 5.41 Å². The molecule has 6 nitrogen and oxygen atoms in total. The van der Waals surface area contributed by atoms with Crippen molar-refractivity contribution in [2.75, 3.05) is 38.0 Å². The molecule has 0 N–H and O–H groups in total. The Hall–Kier alpha value is -3.80. The van der Waals surface area contributed by atoms with Gasteiger partial charge < -0.3 is 19.3 Å². The maximum absolute atomic E-state index is 13.3. The van der Waals surface area contributed by atoms with E-state index >= 15 is 0 Å². The molecule has 0 saturated carbocycles. The van der Waals surface area contributed by atoms with E-state index in [1.807, 2.05) is 101 Å². The van der Waals surface area contributed by atoms with Gasteiger partial charge in [0.2, 0.25) is 0 Å². The summed E-state index contributed by atoms with van der Waals surface area (Å²) >= 11 is 0. The minimum absolute atomic E-state index is 0.0203. The van der Waals surface area contributed by atoms with E-state index in [9.17, 15) is 9.59 Å². The van der Waals surface area contributed by atoms with Crippen LogP contribution in [0.3, 0.4) is 0 Å². The van der Waals surface area contributed by atoms with E-state index in [0.29, 0.717) is 28.2 Å². The largest absolute Gasteiger partial charge is 0.456 e. The van der Waals surface area contributed by atoms with Gasteiger partial charge in [-0.25, -0.2) is 4.79 Å². The first-order chi connectivity index (χ1) is 16.4. The molecule has 2 heterocycles. The number of ketones is 1. The number of Topliss-reactive ketones (excluding diaryl/α,β-unsaturated/α-hetero) is 1. The third kappa shape index (κ3) is 3.39. The number of hydrogen-bond acceptors (Lipinski definition) is 6. The number of hydrogen-bond donors (Lipinski definition) is 0. The van der Waals surface area contributed by atoms with E-state index in [1.165, 1.54) is 0 Å². The topological polar surface area (TPSA) is 59.1 Å². The van der Waals surface area contributed by atoms with Gasteiger partial charge in [-0.15, -0.1) is 0 Å². The molecule has 5 rings (SSSR count). The Morgan fingerprint density at radius 3 is 1.77 bits per heavy atom. The van der Waals surface area contributed by atoms with Crippen LogP contribution in [0, 0.1) is 5.41 Å². The van der Waals surface area contributed by atoms with Crippen molar-refractivity contribution in [2.45, 2.75) is 26.4 Å². The summed E-state index contributed by atoms with van der Waals surface area (Å²) in [5.74, 6) is 0.800. The van der Waals surface area contributed by atoms with E-state index in [-0.39, 0.29) is 5.78 Å². The maximum atomic E-state index is 13.3. The van der Waals surface area contributed by atoms with E-state index < -0.39 is 17.0 Å². The fraction of sp³-hybridized carbons (Fsp3) is 0.310. The number of carbonyl (C=O) groups is 2. The van der Waals surface area contributed by atoms with Crippen molar-refractivity contribution >= 4 is 23.1 Å². The van der Waals surface area contributed by atoms with Gasteiger partial charge in [-0.3, -0.25) is 4.79 Å². The third-order valence-electron chi connectivity index (χ3n) is 6.75. The standard InChI is InChI=1S/C29H30N2O4/c1-28(2,3)26(32)17-8-11-21-20(14-17)27(33)35-29(21)22-12-9-18(30(4)5)15-24(22)34-25-16-19(31(6)7)10-13-23(25)29/h8-16H,1-7H3. The summed E-state index contributed by atoms with van der Waals surface area (Å²) in [6.45, 7) is 5.62. The molecular formula is C29H30N2O4. The highest BCUT2D eigenvalue weighted by molar-refractivity contribution is 6.04. The van der Waals surface area contributed by atoms with Gasteiger partial charge in [0.05, 0.1) is 5.56 Å². The zero-order valence-corrected chi connectivity index (χ0v) is 21.2. The first-order valence-electron chi connectivity index (χ1n) is 11.7. The van der Waals surface area contributed by atoms with Crippen molar-refractivity contribution < 1.29 is 19.1 Å². The van der Waals surface area contributed by atoms with Crippen LogP contribution in [-0.4, -0.2) is 39.9 Å². The van der Waals surface area contributed by atoms with E-state index in [0.717, 1.165) is 22.5 Å². The Labute approximate surface area is 206 Å². The molecule has 6 heteroatoms. The molecular weight excluding hydrogens is 440 g/mol. The summed E-state index contributed by atoms with van der Waals surface area (Å²) in [7, 11) is 7.88. The molecule has 1 spiro atoms. The molecule has 3 aromatic rings. The molecule has 0 fully saturated rings. The van der Waals surface area contributed by atoms with Crippen LogP contribution in [-0.2, 0) is 10.3 Å². The summed E-state index contributed by atoms with van der Waals surface area (Å²) in [6.07, 6.45) is 0. The van der Waals surface area contributed by atoms with Crippen LogP contribution in [0.4, 0.5) is 11.4 Å². The molecule has 0 aliphatic carbocycles. The quantitative estimate of drug-likeness (QED) is 0.366.